The summed E-state index contributed by atoms with van der Waals surface area (Å²) in [6.45, 7) is 1.65. The minimum atomic E-state index is -0.791. The molecule has 0 aliphatic heterocycles. The summed E-state index contributed by atoms with van der Waals surface area (Å²) in [5.74, 6) is 2.36. The van der Waals surface area contributed by atoms with Crippen LogP contribution in [0.2, 0.25) is 0 Å². The maximum atomic E-state index is 12.7. The quantitative estimate of drug-likeness (QED) is 0.601. The van der Waals surface area contributed by atoms with Crippen LogP contribution >= 0.6 is 0 Å². The molecule has 5 heteroatoms. The van der Waals surface area contributed by atoms with Gasteiger partial charge in [-0.2, -0.15) is 0 Å². The molecule has 1 aromatic carbocycles. The second-order valence-corrected chi connectivity index (χ2v) is 8.87. The molecule has 0 heterocycles. The van der Waals surface area contributed by atoms with E-state index in [0.717, 1.165) is 48.3 Å². The highest BCUT2D eigenvalue weighted by molar-refractivity contribution is 5.90. The number of amides is 1. The number of carbonyl (C=O) groups excluding carboxylic acids is 2. The fourth-order valence-corrected chi connectivity index (χ4v) is 5.77. The Morgan fingerprint density at radius 2 is 1.64 bits per heavy atom. The molecule has 4 fully saturated rings. The predicted molar refractivity (Wildman–Crippen MR) is 107 cm³/mol. The van der Waals surface area contributed by atoms with Gasteiger partial charge >= 0.3 is 5.97 Å². The van der Waals surface area contributed by atoms with Gasteiger partial charge in [0.15, 0.2) is 6.10 Å². The summed E-state index contributed by atoms with van der Waals surface area (Å²) in [6, 6.07) is 7.36. The molecule has 1 amide bonds. The highest BCUT2D eigenvalue weighted by Gasteiger charge is 2.51. The summed E-state index contributed by atoms with van der Waals surface area (Å²) in [5, 5.41) is 3.26. The molecule has 4 aliphatic carbocycles. The van der Waals surface area contributed by atoms with Crippen molar-refractivity contribution in [3.05, 3.63) is 35.9 Å². The van der Waals surface area contributed by atoms with Crippen molar-refractivity contribution in [1.29, 1.82) is 0 Å². The summed E-state index contributed by atoms with van der Waals surface area (Å²) < 4.78 is 10.4. The Morgan fingerprint density at radius 3 is 2.18 bits per heavy atom. The maximum absolute atomic E-state index is 12.7. The van der Waals surface area contributed by atoms with E-state index in [0.29, 0.717) is 0 Å². The van der Waals surface area contributed by atoms with Crippen LogP contribution in [0.25, 0.3) is 6.08 Å². The lowest BCUT2D eigenvalue weighted by Crippen LogP contribution is -2.61. The summed E-state index contributed by atoms with van der Waals surface area (Å²) in [5.41, 5.74) is 0.800. The van der Waals surface area contributed by atoms with Crippen molar-refractivity contribution in [2.45, 2.75) is 57.1 Å². The molecule has 4 aliphatic rings. The fourth-order valence-electron chi connectivity index (χ4n) is 5.77. The maximum Gasteiger partial charge on any atom is 0.331 e. The van der Waals surface area contributed by atoms with Crippen LogP contribution in [0.5, 0.6) is 5.75 Å². The number of esters is 1. The Labute approximate surface area is 166 Å². The second-order valence-electron chi connectivity index (χ2n) is 8.87. The van der Waals surface area contributed by atoms with Crippen LogP contribution in [0.1, 0.15) is 51.0 Å². The van der Waals surface area contributed by atoms with Gasteiger partial charge in [0.25, 0.3) is 5.91 Å². The van der Waals surface area contributed by atoms with Gasteiger partial charge in [0.05, 0.1) is 7.11 Å². The Kier molecular flexibility index (Phi) is 5.17. The van der Waals surface area contributed by atoms with Gasteiger partial charge in [-0.05, 0) is 87.0 Å². The lowest BCUT2D eigenvalue weighted by Gasteiger charge is -2.57. The number of rotatable bonds is 6. The predicted octanol–water partition coefficient (Wildman–Crippen LogP) is 3.73. The first-order valence-corrected chi connectivity index (χ1v) is 10.3. The molecule has 0 radical (unpaired) electrons. The molecule has 0 aromatic heterocycles. The molecule has 4 bridgehead atoms. The van der Waals surface area contributed by atoms with Crippen molar-refractivity contribution in [3.8, 4) is 5.75 Å². The zero-order valence-corrected chi connectivity index (χ0v) is 16.6. The molecule has 0 saturated heterocycles. The highest BCUT2D eigenvalue weighted by atomic mass is 16.5. The van der Waals surface area contributed by atoms with Crippen molar-refractivity contribution in [2.24, 2.45) is 17.8 Å². The van der Waals surface area contributed by atoms with Gasteiger partial charge < -0.3 is 14.8 Å². The van der Waals surface area contributed by atoms with E-state index in [9.17, 15) is 9.59 Å². The third-order valence-corrected chi connectivity index (χ3v) is 6.62. The first-order valence-electron chi connectivity index (χ1n) is 10.3. The number of hydrogen-bond donors (Lipinski definition) is 1. The Balaban J connectivity index is 1.30. The second kappa shape index (κ2) is 7.61. The van der Waals surface area contributed by atoms with E-state index in [-0.39, 0.29) is 11.4 Å². The fraction of sp³-hybridized carbons (Fsp3) is 0.565. The van der Waals surface area contributed by atoms with E-state index < -0.39 is 12.1 Å². The van der Waals surface area contributed by atoms with Gasteiger partial charge in [-0.3, -0.25) is 4.79 Å². The van der Waals surface area contributed by atoms with E-state index in [1.54, 1.807) is 20.1 Å². The van der Waals surface area contributed by atoms with Crippen LogP contribution in [-0.4, -0.2) is 30.6 Å². The normalized spacial score (nSPS) is 31.6. The molecular formula is C23H29NO4. The van der Waals surface area contributed by atoms with Crippen molar-refractivity contribution < 1.29 is 19.1 Å². The van der Waals surface area contributed by atoms with Crippen LogP contribution in [0.15, 0.2) is 30.3 Å². The molecule has 1 N–H and O–H groups in total. The molecule has 28 heavy (non-hydrogen) atoms. The zero-order chi connectivity index (χ0) is 19.7. The zero-order valence-electron chi connectivity index (χ0n) is 16.6. The monoisotopic (exact) mass is 383 g/mol. The van der Waals surface area contributed by atoms with Crippen LogP contribution < -0.4 is 10.1 Å². The number of benzene rings is 1. The van der Waals surface area contributed by atoms with E-state index in [2.05, 4.69) is 5.32 Å². The van der Waals surface area contributed by atoms with Gasteiger partial charge in [-0.15, -0.1) is 0 Å². The van der Waals surface area contributed by atoms with E-state index in [4.69, 9.17) is 9.47 Å². The van der Waals surface area contributed by atoms with E-state index >= 15 is 0 Å². The average molecular weight is 383 g/mol. The van der Waals surface area contributed by atoms with Crippen LogP contribution in [0.3, 0.4) is 0 Å². The molecule has 1 aromatic rings. The molecule has 5 nitrogen and oxygen atoms in total. The molecule has 0 spiro atoms. The summed E-state index contributed by atoms with van der Waals surface area (Å²) in [6.07, 6.45) is 9.48. The van der Waals surface area contributed by atoms with E-state index in [1.165, 1.54) is 25.3 Å². The largest absolute Gasteiger partial charge is 0.497 e. The van der Waals surface area contributed by atoms with Gasteiger partial charge in [0, 0.05) is 11.6 Å². The average Bonchev–Trinajstić information content (AvgIpc) is 2.65. The minimum Gasteiger partial charge on any atom is -0.497 e. The molecule has 5 rings (SSSR count). The molecule has 150 valence electrons. The van der Waals surface area contributed by atoms with Gasteiger partial charge in [-0.1, -0.05) is 12.1 Å². The van der Waals surface area contributed by atoms with Gasteiger partial charge in [-0.25, -0.2) is 4.79 Å². The van der Waals surface area contributed by atoms with Crippen molar-refractivity contribution in [3.63, 3.8) is 0 Å². The SMILES string of the molecule is COc1ccc(/C=C/C(=O)O[C@@H](C)C(=O)NC23CC4CC(CC(C4)C2)C3)cc1. The van der Waals surface area contributed by atoms with E-state index in [1.807, 2.05) is 24.3 Å². The van der Waals surface area contributed by atoms with Crippen molar-refractivity contribution in [1.82, 2.24) is 5.32 Å². The smallest absolute Gasteiger partial charge is 0.331 e. The van der Waals surface area contributed by atoms with Crippen LogP contribution in [0, 0.1) is 17.8 Å². The summed E-state index contributed by atoms with van der Waals surface area (Å²) in [4.78, 5) is 24.8. The summed E-state index contributed by atoms with van der Waals surface area (Å²) in [7, 11) is 1.61. The summed E-state index contributed by atoms with van der Waals surface area (Å²) >= 11 is 0. The topological polar surface area (TPSA) is 64.6 Å². The first-order chi connectivity index (χ1) is 13.4. The highest BCUT2D eigenvalue weighted by Crippen LogP contribution is 2.55. The molecule has 4 saturated carbocycles. The first kappa shape index (κ1) is 19.0. The van der Waals surface area contributed by atoms with Gasteiger partial charge in [0.2, 0.25) is 0 Å². The lowest BCUT2D eigenvalue weighted by atomic mass is 9.53. The molecule has 1 atom stereocenters. The number of ether oxygens (including phenoxy) is 2. The van der Waals surface area contributed by atoms with Crippen molar-refractivity contribution >= 4 is 18.0 Å². The molecular weight excluding hydrogens is 354 g/mol. The van der Waals surface area contributed by atoms with Crippen LogP contribution in [0.4, 0.5) is 0 Å². The number of hydrogen-bond acceptors (Lipinski definition) is 4. The Morgan fingerprint density at radius 1 is 1.07 bits per heavy atom. The number of methoxy groups -OCH3 is 1. The number of carbonyl (C=O) groups is 2. The Bertz CT molecular complexity index is 732. The van der Waals surface area contributed by atoms with Crippen molar-refractivity contribution in [2.75, 3.05) is 7.11 Å². The number of nitrogens with one attached hydrogen (secondary N) is 1. The molecule has 0 unspecified atom stereocenters. The minimum absolute atomic E-state index is 0.0641. The van der Waals surface area contributed by atoms with Crippen LogP contribution in [-0.2, 0) is 14.3 Å². The van der Waals surface area contributed by atoms with Gasteiger partial charge in [0.1, 0.15) is 5.75 Å². The third kappa shape index (κ3) is 4.08. The third-order valence-electron chi connectivity index (χ3n) is 6.62. The standard InChI is InChI=1S/C23H29NO4/c1-15(28-21(25)8-5-16-3-6-20(27-2)7-4-16)22(26)24-23-12-17-9-18(13-23)11-19(10-17)14-23/h3-8,15,17-19H,9-14H2,1-2H3,(H,24,26)/b8-5+/t15-,17?,18?,19?,23?/m0/s1. The Hall–Kier alpha value is -2.30. The lowest BCUT2D eigenvalue weighted by molar-refractivity contribution is -0.152.